The monoisotopic (exact) mass is 188 g/mol. The van der Waals surface area contributed by atoms with Gasteiger partial charge in [0.25, 0.3) is 0 Å². The van der Waals surface area contributed by atoms with Crippen LogP contribution in [0.15, 0.2) is 24.4 Å². The number of aromatic nitrogens is 2. The van der Waals surface area contributed by atoms with Crippen LogP contribution >= 0.6 is 0 Å². The molecule has 3 heteroatoms. The minimum atomic E-state index is 0.318. The largest absolute Gasteiger partial charge is 0.296 e. The molecule has 0 fully saturated rings. The summed E-state index contributed by atoms with van der Waals surface area (Å²) in [6.07, 6.45) is 2.66. The second kappa shape index (κ2) is 3.25. The third-order valence-electron chi connectivity index (χ3n) is 2.25. The van der Waals surface area contributed by atoms with Gasteiger partial charge in [-0.1, -0.05) is 19.9 Å². The van der Waals surface area contributed by atoms with E-state index in [2.05, 4.69) is 18.8 Å². The first-order valence-corrected chi connectivity index (χ1v) is 4.65. The van der Waals surface area contributed by atoms with Gasteiger partial charge in [-0.3, -0.25) is 9.20 Å². The number of pyridine rings is 1. The zero-order valence-corrected chi connectivity index (χ0v) is 8.27. The maximum absolute atomic E-state index is 10.8. The van der Waals surface area contributed by atoms with Crippen molar-refractivity contribution in [3.05, 3.63) is 35.9 Å². The van der Waals surface area contributed by atoms with Crippen LogP contribution in [0.2, 0.25) is 0 Å². The zero-order valence-electron chi connectivity index (χ0n) is 8.27. The van der Waals surface area contributed by atoms with Crippen molar-refractivity contribution in [3.63, 3.8) is 0 Å². The lowest BCUT2D eigenvalue weighted by Crippen LogP contribution is -2.01. The number of fused-ring (bicyclic) bond motifs is 1. The molecule has 0 unspecified atom stereocenters. The van der Waals surface area contributed by atoms with Crippen molar-refractivity contribution in [1.29, 1.82) is 0 Å². The molecule has 0 saturated carbocycles. The van der Waals surface area contributed by atoms with Gasteiger partial charge in [0, 0.05) is 5.92 Å². The van der Waals surface area contributed by atoms with E-state index in [-0.39, 0.29) is 0 Å². The number of nitrogens with zero attached hydrogens (tertiary/aromatic N) is 2. The molecule has 0 aliphatic heterocycles. The molecule has 0 atom stereocenters. The topological polar surface area (TPSA) is 34.4 Å². The fraction of sp³-hybridized carbons (Fsp3) is 0.273. The van der Waals surface area contributed by atoms with E-state index >= 15 is 0 Å². The van der Waals surface area contributed by atoms with E-state index in [1.54, 1.807) is 12.3 Å². The molecule has 0 aromatic carbocycles. The molecule has 2 heterocycles. The Balaban J connectivity index is 2.80. The van der Waals surface area contributed by atoms with Gasteiger partial charge in [0.15, 0.2) is 6.29 Å². The molecule has 2 aromatic rings. The maximum atomic E-state index is 10.8. The van der Waals surface area contributed by atoms with Crippen LogP contribution in [-0.4, -0.2) is 15.7 Å². The molecular weight excluding hydrogens is 176 g/mol. The first-order chi connectivity index (χ1) is 6.74. The number of carbonyl (C=O) groups is 1. The Kier molecular flexibility index (Phi) is 2.08. The van der Waals surface area contributed by atoms with E-state index in [4.69, 9.17) is 0 Å². The Bertz CT molecular complexity index is 471. The molecule has 0 aliphatic rings. The number of imidazole rings is 1. The highest BCUT2D eigenvalue weighted by atomic mass is 16.1. The summed E-state index contributed by atoms with van der Waals surface area (Å²) in [6.45, 7) is 4.13. The molecule has 2 aromatic heterocycles. The summed E-state index contributed by atoms with van der Waals surface area (Å²) >= 11 is 0. The number of rotatable bonds is 2. The van der Waals surface area contributed by atoms with E-state index in [1.807, 2.05) is 16.5 Å². The molecule has 72 valence electrons. The lowest BCUT2D eigenvalue weighted by molar-refractivity contribution is 0.111. The molecule has 0 amide bonds. The van der Waals surface area contributed by atoms with Crippen molar-refractivity contribution in [1.82, 2.24) is 9.38 Å². The van der Waals surface area contributed by atoms with Crippen LogP contribution in [0.3, 0.4) is 0 Å². The second-order valence-corrected chi connectivity index (χ2v) is 3.60. The second-order valence-electron chi connectivity index (χ2n) is 3.60. The molecule has 0 aliphatic carbocycles. The highest BCUT2D eigenvalue weighted by molar-refractivity contribution is 5.74. The van der Waals surface area contributed by atoms with Gasteiger partial charge < -0.3 is 0 Å². The Morgan fingerprint density at radius 2 is 2.21 bits per heavy atom. The smallest absolute Gasteiger partial charge is 0.166 e. The average Bonchev–Trinajstić information content (AvgIpc) is 2.60. The van der Waals surface area contributed by atoms with Gasteiger partial charge in [0.2, 0.25) is 0 Å². The van der Waals surface area contributed by atoms with Gasteiger partial charge in [0.05, 0.1) is 17.4 Å². The fourth-order valence-corrected chi connectivity index (χ4v) is 1.60. The van der Waals surface area contributed by atoms with Crippen LogP contribution in [0.1, 0.15) is 36.1 Å². The molecule has 0 spiro atoms. The fourth-order valence-electron chi connectivity index (χ4n) is 1.60. The Hall–Kier alpha value is -1.64. The van der Waals surface area contributed by atoms with Crippen molar-refractivity contribution >= 4 is 11.8 Å². The molecule has 0 radical (unpaired) electrons. The Labute approximate surface area is 82.4 Å². The average molecular weight is 188 g/mol. The summed E-state index contributed by atoms with van der Waals surface area (Å²) in [5, 5.41) is 0. The van der Waals surface area contributed by atoms with Crippen LogP contribution in [0.25, 0.3) is 5.52 Å². The molecule has 14 heavy (non-hydrogen) atoms. The van der Waals surface area contributed by atoms with Gasteiger partial charge in [-0.15, -0.1) is 0 Å². The number of carbonyl (C=O) groups excluding carboxylic acids is 1. The van der Waals surface area contributed by atoms with E-state index in [0.717, 1.165) is 17.6 Å². The standard InChI is InChI=1S/C11H12N2O/c1-8(2)11-12-6-9-4-3-5-10(7-14)13(9)11/h3-8H,1-2H3. The van der Waals surface area contributed by atoms with E-state index in [1.165, 1.54) is 0 Å². The first kappa shape index (κ1) is 8.94. The van der Waals surface area contributed by atoms with Gasteiger partial charge in [-0.05, 0) is 12.1 Å². The number of hydrogen-bond donors (Lipinski definition) is 0. The van der Waals surface area contributed by atoms with Crippen LogP contribution in [0.4, 0.5) is 0 Å². The van der Waals surface area contributed by atoms with E-state index in [0.29, 0.717) is 11.6 Å². The van der Waals surface area contributed by atoms with Gasteiger partial charge in [-0.2, -0.15) is 0 Å². The summed E-state index contributed by atoms with van der Waals surface area (Å²) < 4.78 is 1.90. The predicted molar refractivity (Wildman–Crippen MR) is 54.7 cm³/mol. The minimum Gasteiger partial charge on any atom is -0.296 e. The molecule has 0 bridgehead atoms. The summed E-state index contributed by atoms with van der Waals surface area (Å²) in [7, 11) is 0. The SMILES string of the molecule is CC(C)c1ncc2cccc(C=O)n12. The van der Waals surface area contributed by atoms with E-state index in [9.17, 15) is 4.79 Å². The van der Waals surface area contributed by atoms with Crippen molar-refractivity contribution in [3.8, 4) is 0 Å². The molecular formula is C11H12N2O. The highest BCUT2D eigenvalue weighted by Gasteiger charge is 2.09. The lowest BCUT2D eigenvalue weighted by atomic mass is 10.2. The Morgan fingerprint density at radius 1 is 1.43 bits per heavy atom. The highest BCUT2D eigenvalue weighted by Crippen LogP contribution is 2.16. The predicted octanol–water partition coefficient (Wildman–Crippen LogP) is 2.27. The Morgan fingerprint density at radius 3 is 2.86 bits per heavy atom. The number of hydrogen-bond acceptors (Lipinski definition) is 2. The van der Waals surface area contributed by atoms with Crippen LogP contribution in [0.5, 0.6) is 0 Å². The van der Waals surface area contributed by atoms with Gasteiger partial charge >= 0.3 is 0 Å². The molecule has 0 saturated heterocycles. The van der Waals surface area contributed by atoms with Crippen LogP contribution in [0, 0.1) is 0 Å². The summed E-state index contributed by atoms with van der Waals surface area (Å²) in [5.74, 6) is 1.25. The van der Waals surface area contributed by atoms with E-state index < -0.39 is 0 Å². The van der Waals surface area contributed by atoms with Gasteiger partial charge in [-0.25, -0.2) is 4.98 Å². The van der Waals surface area contributed by atoms with Crippen molar-refractivity contribution in [2.75, 3.05) is 0 Å². The molecule has 2 rings (SSSR count). The van der Waals surface area contributed by atoms with Crippen molar-refractivity contribution < 1.29 is 4.79 Å². The lowest BCUT2D eigenvalue weighted by Gasteiger charge is -2.06. The first-order valence-electron chi connectivity index (χ1n) is 4.65. The zero-order chi connectivity index (χ0) is 10.1. The number of aldehydes is 1. The summed E-state index contributed by atoms with van der Waals surface area (Å²) in [6, 6.07) is 5.62. The molecule has 0 N–H and O–H groups in total. The summed E-state index contributed by atoms with van der Waals surface area (Å²) in [4.78, 5) is 15.2. The van der Waals surface area contributed by atoms with Crippen LogP contribution < -0.4 is 0 Å². The molecule has 3 nitrogen and oxygen atoms in total. The van der Waals surface area contributed by atoms with Gasteiger partial charge in [0.1, 0.15) is 5.82 Å². The third-order valence-corrected chi connectivity index (χ3v) is 2.25. The summed E-state index contributed by atoms with van der Waals surface area (Å²) in [5.41, 5.74) is 1.63. The van der Waals surface area contributed by atoms with Crippen LogP contribution in [-0.2, 0) is 0 Å². The van der Waals surface area contributed by atoms with Crippen molar-refractivity contribution in [2.24, 2.45) is 0 Å². The minimum absolute atomic E-state index is 0.318. The maximum Gasteiger partial charge on any atom is 0.166 e. The normalized spacial score (nSPS) is 11.1. The third kappa shape index (κ3) is 1.21. The van der Waals surface area contributed by atoms with Crippen molar-refractivity contribution in [2.45, 2.75) is 19.8 Å². The quantitative estimate of drug-likeness (QED) is 0.677.